The summed E-state index contributed by atoms with van der Waals surface area (Å²) in [7, 11) is 0. The van der Waals surface area contributed by atoms with Crippen LogP contribution in [0.2, 0.25) is 0 Å². The minimum Gasteiger partial charge on any atom is -0.475 e. The molecule has 0 N–H and O–H groups in total. The van der Waals surface area contributed by atoms with Gasteiger partial charge in [-0.15, -0.1) is 10.2 Å². The number of aromatic nitrogens is 3. The molecule has 4 heterocycles. The number of nitrogens with zero attached hydrogens (tertiary/aromatic N) is 7. The van der Waals surface area contributed by atoms with E-state index in [0.29, 0.717) is 49.3 Å². The molecule has 0 radical (unpaired) electrons. The van der Waals surface area contributed by atoms with Crippen LogP contribution in [0.5, 0.6) is 5.88 Å². The molecule has 0 bridgehead atoms. The van der Waals surface area contributed by atoms with E-state index in [2.05, 4.69) is 15.2 Å². The lowest BCUT2D eigenvalue weighted by molar-refractivity contribution is 0.175. The number of cyclic esters (lactones) is 1. The number of piperazine rings is 1. The summed E-state index contributed by atoms with van der Waals surface area (Å²) >= 11 is 0. The zero-order valence-corrected chi connectivity index (χ0v) is 18.7. The summed E-state index contributed by atoms with van der Waals surface area (Å²) in [4.78, 5) is 21.9. The molecule has 0 aliphatic carbocycles. The lowest BCUT2D eigenvalue weighted by Gasteiger charge is -2.36. The predicted octanol–water partition coefficient (Wildman–Crippen LogP) is 2.61. The van der Waals surface area contributed by atoms with Crippen molar-refractivity contribution in [3.8, 4) is 11.9 Å². The standard InChI is InChI=1S/C24H22FN7O3/c25-20-13-18(32-19(16-35-24(32)33)15-34-23-3-1-2-8-27-23)5-6-21(20)30-9-11-31(12-10-30)22-7-4-17(14-26)28-29-22/h1-8,13,19H,9-12,15-16H2. The van der Waals surface area contributed by atoms with Crippen molar-refractivity contribution in [2.75, 3.05) is 54.1 Å². The van der Waals surface area contributed by atoms with Crippen LogP contribution in [0.4, 0.5) is 26.4 Å². The Balaban J connectivity index is 1.24. The highest BCUT2D eigenvalue weighted by Crippen LogP contribution is 2.30. The Bertz CT molecular complexity index is 1230. The van der Waals surface area contributed by atoms with Crippen molar-refractivity contribution in [2.24, 2.45) is 0 Å². The highest BCUT2D eigenvalue weighted by atomic mass is 19.1. The molecule has 10 nitrogen and oxygen atoms in total. The van der Waals surface area contributed by atoms with Crippen molar-refractivity contribution in [1.29, 1.82) is 5.26 Å². The number of nitriles is 1. The highest BCUT2D eigenvalue weighted by molar-refractivity contribution is 5.90. The Labute approximate surface area is 201 Å². The molecule has 3 aromatic rings. The van der Waals surface area contributed by atoms with Gasteiger partial charge in [-0.25, -0.2) is 14.2 Å². The van der Waals surface area contributed by atoms with Gasteiger partial charge in [-0.1, -0.05) is 6.07 Å². The van der Waals surface area contributed by atoms with Gasteiger partial charge in [0.1, 0.15) is 31.1 Å². The largest absolute Gasteiger partial charge is 0.475 e. The summed E-state index contributed by atoms with van der Waals surface area (Å²) in [5.74, 6) is 0.712. The number of carbonyl (C=O) groups excluding carboxylic acids is 1. The van der Waals surface area contributed by atoms with Crippen LogP contribution in [-0.4, -0.2) is 66.7 Å². The summed E-state index contributed by atoms with van der Waals surface area (Å²) in [6.07, 6.45) is 1.08. The average Bonchev–Trinajstić information content (AvgIpc) is 3.28. The summed E-state index contributed by atoms with van der Waals surface area (Å²) < 4.78 is 26.0. The van der Waals surface area contributed by atoms with E-state index in [0.717, 1.165) is 0 Å². The summed E-state index contributed by atoms with van der Waals surface area (Å²) in [5.41, 5.74) is 1.14. The van der Waals surface area contributed by atoms with E-state index in [4.69, 9.17) is 14.7 Å². The van der Waals surface area contributed by atoms with E-state index in [1.165, 1.54) is 11.0 Å². The van der Waals surface area contributed by atoms with Gasteiger partial charge >= 0.3 is 6.09 Å². The van der Waals surface area contributed by atoms with E-state index in [9.17, 15) is 4.79 Å². The molecule has 2 aliphatic heterocycles. The number of halogens is 1. The molecule has 2 aromatic heterocycles. The third kappa shape index (κ3) is 4.77. The molecule has 2 aliphatic rings. The third-order valence-electron chi connectivity index (χ3n) is 5.94. The van der Waals surface area contributed by atoms with Crippen LogP contribution in [0.15, 0.2) is 54.7 Å². The van der Waals surface area contributed by atoms with E-state index >= 15 is 4.39 Å². The monoisotopic (exact) mass is 475 g/mol. The van der Waals surface area contributed by atoms with Gasteiger partial charge in [0.15, 0.2) is 11.5 Å². The number of hydrogen-bond acceptors (Lipinski definition) is 9. The molecule has 2 fully saturated rings. The molecule has 35 heavy (non-hydrogen) atoms. The zero-order chi connectivity index (χ0) is 24.2. The van der Waals surface area contributed by atoms with Crippen molar-refractivity contribution in [1.82, 2.24) is 15.2 Å². The van der Waals surface area contributed by atoms with Crippen molar-refractivity contribution < 1.29 is 18.7 Å². The molecule has 0 saturated carbocycles. The van der Waals surface area contributed by atoms with Crippen LogP contribution in [0, 0.1) is 17.1 Å². The maximum atomic E-state index is 15.2. The lowest BCUT2D eigenvalue weighted by atomic mass is 10.2. The molecule has 1 unspecified atom stereocenters. The van der Waals surface area contributed by atoms with Crippen molar-refractivity contribution >= 4 is 23.3 Å². The smallest absolute Gasteiger partial charge is 0.414 e. The minimum atomic E-state index is -0.538. The normalized spacial score (nSPS) is 17.8. The fraction of sp³-hybridized carbons (Fsp3) is 0.292. The van der Waals surface area contributed by atoms with Gasteiger partial charge in [0.05, 0.1) is 11.4 Å². The summed E-state index contributed by atoms with van der Waals surface area (Å²) in [5, 5.41) is 16.8. The van der Waals surface area contributed by atoms with Gasteiger partial charge in [-0.3, -0.25) is 4.90 Å². The molecule has 11 heteroatoms. The third-order valence-corrected chi connectivity index (χ3v) is 5.94. The number of anilines is 3. The van der Waals surface area contributed by atoms with Crippen LogP contribution in [0.25, 0.3) is 0 Å². The topological polar surface area (TPSA) is 108 Å². The lowest BCUT2D eigenvalue weighted by Crippen LogP contribution is -2.47. The van der Waals surface area contributed by atoms with Gasteiger partial charge < -0.3 is 19.3 Å². The van der Waals surface area contributed by atoms with Crippen molar-refractivity contribution in [3.05, 3.63) is 66.2 Å². The number of pyridine rings is 1. The van der Waals surface area contributed by atoms with Crippen LogP contribution in [0.1, 0.15) is 5.69 Å². The number of amides is 1. The van der Waals surface area contributed by atoms with Gasteiger partial charge in [0, 0.05) is 38.4 Å². The van der Waals surface area contributed by atoms with Crippen LogP contribution < -0.4 is 19.4 Å². The van der Waals surface area contributed by atoms with E-state index in [-0.39, 0.29) is 18.9 Å². The Morgan fingerprint density at radius 1 is 1.09 bits per heavy atom. The van der Waals surface area contributed by atoms with Crippen LogP contribution in [0.3, 0.4) is 0 Å². The number of ether oxygens (including phenoxy) is 2. The molecule has 0 spiro atoms. The molecule has 1 amide bonds. The fourth-order valence-electron chi connectivity index (χ4n) is 4.15. The van der Waals surface area contributed by atoms with Gasteiger partial charge in [0.25, 0.3) is 0 Å². The van der Waals surface area contributed by atoms with E-state index in [1.54, 1.807) is 42.6 Å². The fourth-order valence-corrected chi connectivity index (χ4v) is 4.15. The predicted molar refractivity (Wildman–Crippen MR) is 125 cm³/mol. The second-order valence-electron chi connectivity index (χ2n) is 8.08. The SMILES string of the molecule is N#Cc1ccc(N2CCN(c3ccc(N4C(=O)OCC4COc4ccccn4)cc3F)CC2)nn1. The molecule has 1 atom stereocenters. The first-order chi connectivity index (χ1) is 17.1. The number of rotatable bonds is 6. The maximum Gasteiger partial charge on any atom is 0.414 e. The molecule has 1 aromatic carbocycles. The Hall–Kier alpha value is -4.46. The molecule has 178 valence electrons. The Kier molecular flexibility index (Phi) is 6.26. The van der Waals surface area contributed by atoms with Crippen LogP contribution in [-0.2, 0) is 4.74 Å². The molecule has 5 rings (SSSR count). The Morgan fingerprint density at radius 3 is 2.60 bits per heavy atom. The first-order valence-electron chi connectivity index (χ1n) is 11.2. The van der Waals surface area contributed by atoms with Crippen molar-refractivity contribution in [3.63, 3.8) is 0 Å². The summed E-state index contributed by atoms with van der Waals surface area (Å²) in [6.45, 7) is 2.76. The first-order valence-corrected chi connectivity index (χ1v) is 11.2. The quantitative estimate of drug-likeness (QED) is 0.532. The number of carbonyl (C=O) groups is 1. The maximum absolute atomic E-state index is 15.2. The minimum absolute atomic E-state index is 0.148. The molecule has 2 saturated heterocycles. The Morgan fingerprint density at radius 2 is 1.91 bits per heavy atom. The zero-order valence-electron chi connectivity index (χ0n) is 18.7. The molecular weight excluding hydrogens is 453 g/mol. The van der Waals surface area contributed by atoms with E-state index < -0.39 is 18.0 Å². The number of hydrogen-bond donors (Lipinski definition) is 0. The second-order valence-corrected chi connectivity index (χ2v) is 8.08. The van der Waals surface area contributed by atoms with Crippen molar-refractivity contribution in [2.45, 2.75) is 6.04 Å². The highest BCUT2D eigenvalue weighted by Gasteiger charge is 2.35. The number of benzene rings is 1. The summed E-state index contributed by atoms with van der Waals surface area (Å²) in [6, 6.07) is 15.0. The first kappa shape index (κ1) is 22.3. The van der Waals surface area contributed by atoms with Crippen LogP contribution >= 0.6 is 0 Å². The van der Waals surface area contributed by atoms with Gasteiger partial charge in [-0.05, 0) is 36.4 Å². The van der Waals surface area contributed by atoms with E-state index in [1.807, 2.05) is 21.9 Å². The average molecular weight is 475 g/mol. The van der Waals surface area contributed by atoms with Gasteiger partial charge in [0.2, 0.25) is 5.88 Å². The molecular formula is C24H22FN7O3. The second kappa shape index (κ2) is 9.80. The van der Waals surface area contributed by atoms with Gasteiger partial charge in [-0.2, -0.15) is 5.26 Å².